The van der Waals surface area contributed by atoms with Gasteiger partial charge in [0.05, 0.1) is 23.7 Å². The van der Waals surface area contributed by atoms with Crippen molar-refractivity contribution in [2.24, 2.45) is 0 Å². The highest BCUT2D eigenvalue weighted by Gasteiger charge is 2.08. The van der Waals surface area contributed by atoms with Crippen LogP contribution in [-0.4, -0.2) is 9.38 Å². The van der Waals surface area contributed by atoms with Gasteiger partial charge in [-0.05, 0) is 19.9 Å². The van der Waals surface area contributed by atoms with Gasteiger partial charge in [0.1, 0.15) is 0 Å². The summed E-state index contributed by atoms with van der Waals surface area (Å²) in [7, 11) is 0. The van der Waals surface area contributed by atoms with Gasteiger partial charge in [0.2, 0.25) is 0 Å². The van der Waals surface area contributed by atoms with Gasteiger partial charge in [0.25, 0.3) is 0 Å². The first kappa shape index (κ1) is 9.71. The second-order valence-corrected chi connectivity index (χ2v) is 3.43. The normalized spacial score (nSPS) is 12.4. The minimum Gasteiger partial charge on any atom is -0.298 e. The minimum atomic E-state index is 1.04. The molecule has 0 spiro atoms. The number of nitrogens with zero attached hydrogens (tertiary/aromatic N) is 2. The van der Waals surface area contributed by atoms with Crippen molar-refractivity contribution in [3.63, 3.8) is 0 Å². The molecule has 0 unspecified atom stereocenters. The predicted octanol–water partition coefficient (Wildman–Crippen LogP) is 2.53. The minimum absolute atomic E-state index is 1.04. The summed E-state index contributed by atoms with van der Waals surface area (Å²) < 4.78 is 2.07. The maximum Gasteiger partial charge on any atom is 0.0997 e. The SMILES string of the molecule is C=c1c(/C=C\C)c(/C=C\C)n2cncc12. The highest BCUT2D eigenvalue weighted by Crippen LogP contribution is 2.13. The molecule has 0 atom stereocenters. The van der Waals surface area contributed by atoms with Crippen molar-refractivity contribution in [2.45, 2.75) is 13.8 Å². The lowest BCUT2D eigenvalue weighted by Gasteiger charge is -1.94. The fraction of sp³-hybridized carbons (Fsp3) is 0.154. The van der Waals surface area contributed by atoms with Crippen LogP contribution in [0.4, 0.5) is 0 Å². The molecule has 0 aliphatic carbocycles. The summed E-state index contributed by atoms with van der Waals surface area (Å²) in [5.74, 6) is 0. The third-order valence-electron chi connectivity index (χ3n) is 2.47. The highest BCUT2D eigenvalue weighted by atomic mass is 15.0. The number of aromatic nitrogens is 2. The summed E-state index contributed by atoms with van der Waals surface area (Å²) in [5, 5.41) is 1.04. The molecule has 15 heavy (non-hydrogen) atoms. The molecule has 76 valence electrons. The first-order chi connectivity index (χ1) is 7.29. The fourth-order valence-electron chi connectivity index (χ4n) is 1.81. The standard InChI is InChI=1S/C13H14N2/c1-4-6-11-10(3)13-8-14-9-15(13)12(11)7-5-2/h4-9H,3H2,1-2H3/b6-4-,7-5-. The van der Waals surface area contributed by atoms with Crippen LogP contribution in [0.5, 0.6) is 0 Å². The number of imidazole rings is 1. The smallest absolute Gasteiger partial charge is 0.0997 e. The zero-order valence-electron chi connectivity index (χ0n) is 9.07. The Balaban J connectivity index is 2.86. The second-order valence-electron chi connectivity index (χ2n) is 3.43. The van der Waals surface area contributed by atoms with Crippen molar-refractivity contribution < 1.29 is 0 Å². The van der Waals surface area contributed by atoms with Gasteiger partial charge in [-0.1, -0.05) is 24.8 Å². The summed E-state index contributed by atoms with van der Waals surface area (Å²) >= 11 is 0. The van der Waals surface area contributed by atoms with E-state index in [1.165, 1.54) is 5.56 Å². The van der Waals surface area contributed by atoms with E-state index in [1.807, 2.05) is 38.5 Å². The summed E-state index contributed by atoms with van der Waals surface area (Å²) in [6.45, 7) is 8.12. The Morgan fingerprint density at radius 2 is 2.00 bits per heavy atom. The third-order valence-corrected chi connectivity index (χ3v) is 2.47. The van der Waals surface area contributed by atoms with Crippen LogP contribution < -0.4 is 5.22 Å². The van der Waals surface area contributed by atoms with Crippen LogP contribution in [-0.2, 0) is 0 Å². The second kappa shape index (κ2) is 3.73. The summed E-state index contributed by atoms with van der Waals surface area (Å²) in [6, 6.07) is 0. The molecule has 0 aliphatic rings. The number of allylic oxidation sites excluding steroid dienone is 2. The van der Waals surface area contributed by atoms with E-state index in [0.29, 0.717) is 0 Å². The lowest BCUT2D eigenvalue weighted by Crippen LogP contribution is -1.97. The number of hydrogen-bond acceptors (Lipinski definition) is 1. The number of fused-ring (bicyclic) bond motifs is 1. The lowest BCUT2D eigenvalue weighted by molar-refractivity contribution is 1.15. The van der Waals surface area contributed by atoms with E-state index >= 15 is 0 Å². The van der Waals surface area contributed by atoms with Crippen LogP contribution >= 0.6 is 0 Å². The molecule has 0 saturated carbocycles. The van der Waals surface area contributed by atoms with Crippen LogP contribution in [0.2, 0.25) is 0 Å². The highest BCUT2D eigenvalue weighted by molar-refractivity contribution is 5.72. The van der Waals surface area contributed by atoms with Crippen molar-refractivity contribution in [3.8, 4) is 0 Å². The Hall–Kier alpha value is -1.83. The van der Waals surface area contributed by atoms with Gasteiger partial charge in [-0.15, -0.1) is 0 Å². The van der Waals surface area contributed by atoms with Crippen LogP contribution in [0, 0.1) is 0 Å². The summed E-state index contributed by atoms with van der Waals surface area (Å²) in [5.41, 5.74) is 3.40. The van der Waals surface area contributed by atoms with E-state index in [-0.39, 0.29) is 0 Å². The molecule has 0 bridgehead atoms. The van der Waals surface area contributed by atoms with Crippen LogP contribution in [0.1, 0.15) is 25.1 Å². The molecular weight excluding hydrogens is 184 g/mol. The Kier molecular flexibility index (Phi) is 2.42. The van der Waals surface area contributed by atoms with Gasteiger partial charge < -0.3 is 0 Å². The fourth-order valence-corrected chi connectivity index (χ4v) is 1.81. The van der Waals surface area contributed by atoms with Crippen molar-refractivity contribution in [1.82, 2.24) is 9.38 Å². The molecule has 2 aromatic heterocycles. The van der Waals surface area contributed by atoms with Gasteiger partial charge in [-0.25, -0.2) is 4.98 Å². The summed E-state index contributed by atoms with van der Waals surface area (Å²) in [4.78, 5) is 4.13. The topological polar surface area (TPSA) is 17.3 Å². The lowest BCUT2D eigenvalue weighted by atomic mass is 10.2. The molecule has 0 N–H and O–H groups in total. The predicted molar refractivity (Wildman–Crippen MR) is 65.3 cm³/mol. The Morgan fingerprint density at radius 1 is 1.27 bits per heavy atom. The Labute approximate surface area is 89.2 Å². The monoisotopic (exact) mass is 198 g/mol. The van der Waals surface area contributed by atoms with E-state index in [2.05, 4.69) is 28.1 Å². The number of rotatable bonds is 2. The van der Waals surface area contributed by atoms with Gasteiger partial charge >= 0.3 is 0 Å². The molecule has 0 radical (unpaired) electrons. The molecule has 0 aromatic carbocycles. The van der Waals surface area contributed by atoms with Gasteiger partial charge in [-0.3, -0.25) is 4.40 Å². The Bertz CT molecular complexity index is 573. The largest absolute Gasteiger partial charge is 0.298 e. The zero-order valence-corrected chi connectivity index (χ0v) is 9.07. The van der Waals surface area contributed by atoms with Crippen LogP contribution in [0.3, 0.4) is 0 Å². The molecule has 0 fully saturated rings. The molecule has 2 heterocycles. The van der Waals surface area contributed by atoms with Gasteiger partial charge in [0, 0.05) is 10.8 Å². The molecule has 2 heteroatoms. The van der Waals surface area contributed by atoms with E-state index in [9.17, 15) is 0 Å². The molecule has 0 saturated heterocycles. The molecule has 0 amide bonds. The first-order valence-electron chi connectivity index (χ1n) is 5.01. The Morgan fingerprint density at radius 3 is 2.67 bits per heavy atom. The van der Waals surface area contributed by atoms with Crippen molar-refractivity contribution in [1.29, 1.82) is 0 Å². The number of hydrogen-bond donors (Lipinski definition) is 0. The third kappa shape index (κ3) is 1.38. The van der Waals surface area contributed by atoms with Crippen LogP contribution in [0.15, 0.2) is 24.7 Å². The van der Waals surface area contributed by atoms with E-state index in [4.69, 9.17) is 0 Å². The molecule has 0 aliphatic heterocycles. The maximum atomic E-state index is 4.13. The zero-order chi connectivity index (χ0) is 10.8. The van der Waals surface area contributed by atoms with E-state index < -0.39 is 0 Å². The molecule has 2 nitrogen and oxygen atoms in total. The molecular formula is C13H14N2. The van der Waals surface area contributed by atoms with Crippen molar-refractivity contribution in [2.75, 3.05) is 0 Å². The van der Waals surface area contributed by atoms with Crippen molar-refractivity contribution >= 4 is 24.2 Å². The van der Waals surface area contributed by atoms with Crippen LogP contribution in [0.25, 0.3) is 24.2 Å². The quantitative estimate of drug-likeness (QED) is 0.724. The first-order valence-corrected chi connectivity index (χ1v) is 5.01. The van der Waals surface area contributed by atoms with Gasteiger partial charge in [-0.2, -0.15) is 0 Å². The van der Waals surface area contributed by atoms with E-state index in [0.717, 1.165) is 16.4 Å². The summed E-state index contributed by atoms with van der Waals surface area (Å²) in [6.07, 6.45) is 11.9. The average Bonchev–Trinajstić information content (AvgIpc) is 2.77. The maximum absolute atomic E-state index is 4.13. The molecule has 2 rings (SSSR count). The molecule has 2 aromatic rings. The van der Waals surface area contributed by atoms with Crippen molar-refractivity contribution in [3.05, 3.63) is 41.2 Å². The average molecular weight is 198 g/mol. The van der Waals surface area contributed by atoms with Gasteiger partial charge in [0.15, 0.2) is 0 Å². The van der Waals surface area contributed by atoms with E-state index in [1.54, 1.807) is 0 Å².